The molecule has 0 aromatic heterocycles. The van der Waals surface area contributed by atoms with E-state index in [4.69, 9.17) is 0 Å². The lowest BCUT2D eigenvalue weighted by Crippen LogP contribution is -2.26. The minimum atomic E-state index is 0.0891. The third-order valence-electron chi connectivity index (χ3n) is 2.09. The van der Waals surface area contributed by atoms with Gasteiger partial charge in [-0.1, -0.05) is 17.7 Å². The largest absolute Gasteiger partial charge is 0.342 e. The molecule has 0 spiro atoms. The van der Waals surface area contributed by atoms with Crippen molar-refractivity contribution in [3.05, 3.63) is 35.4 Å². The number of hydrogen-bond acceptors (Lipinski definition) is 1. The highest BCUT2D eigenvalue weighted by molar-refractivity contribution is 5.94. The van der Waals surface area contributed by atoms with Crippen molar-refractivity contribution in [1.82, 2.24) is 4.90 Å². The molecule has 13 heavy (non-hydrogen) atoms. The Morgan fingerprint density at radius 2 is 2.15 bits per heavy atom. The number of carbonyl (C=O) groups is 1. The predicted octanol–water partition coefficient (Wildman–Crippen LogP) is 2.09. The van der Waals surface area contributed by atoms with Crippen LogP contribution < -0.4 is 0 Å². The molecule has 0 heterocycles. The molecule has 0 saturated heterocycles. The van der Waals surface area contributed by atoms with E-state index in [0.29, 0.717) is 0 Å². The van der Waals surface area contributed by atoms with E-state index in [9.17, 15) is 4.79 Å². The fourth-order valence-corrected chi connectivity index (χ4v) is 1.14. The lowest BCUT2D eigenvalue weighted by Gasteiger charge is -2.14. The van der Waals surface area contributed by atoms with Crippen LogP contribution in [0.1, 0.15) is 22.8 Å². The van der Waals surface area contributed by atoms with Crippen molar-refractivity contribution in [2.24, 2.45) is 0 Å². The Balaban J connectivity index is 2.89. The Kier molecular flexibility index (Phi) is 3.07. The Morgan fingerprint density at radius 3 is 2.69 bits per heavy atom. The van der Waals surface area contributed by atoms with Gasteiger partial charge in [-0.05, 0) is 26.0 Å². The maximum atomic E-state index is 11.7. The quantitative estimate of drug-likeness (QED) is 0.677. The molecule has 0 radical (unpaired) electrons. The number of amides is 1. The standard InChI is InChI=1S/C11H15NO/c1-4-12(3)11(13)10-7-5-6-9(2)8-10/h5-8H,4H2,1-3H3. The van der Waals surface area contributed by atoms with Gasteiger partial charge in [0.2, 0.25) is 0 Å². The highest BCUT2D eigenvalue weighted by Crippen LogP contribution is 2.06. The summed E-state index contributed by atoms with van der Waals surface area (Å²) in [4.78, 5) is 13.4. The molecule has 0 fully saturated rings. The molecule has 2 heteroatoms. The molecule has 0 bridgehead atoms. The van der Waals surface area contributed by atoms with Gasteiger partial charge in [-0.3, -0.25) is 4.79 Å². The average molecular weight is 177 g/mol. The molecule has 0 aliphatic rings. The minimum Gasteiger partial charge on any atom is -0.342 e. The van der Waals surface area contributed by atoms with Crippen molar-refractivity contribution in [2.75, 3.05) is 13.6 Å². The van der Waals surface area contributed by atoms with E-state index in [1.807, 2.05) is 45.2 Å². The van der Waals surface area contributed by atoms with Crippen molar-refractivity contribution < 1.29 is 4.79 Å². The van der Waals surface area contributed by atoms with Crippen LogP contribution >= 0.6 is 0 Å². The number of aryl methyl sites for hydroxylation is 1. The zero-order valence-electron chi connectivity index (χ0n) is 8.37. The van der Waals surface area contributed by atoms with Crippen LogP contribution in [0, 0.1) is 6.92 Å². The van der Waals surface area contributed by atoms with E-state index < -0.39 is 0 Å². The molecule has 1 rings (SSSR count). The molecule has 1 aromatic rings. The lowest BCUT2D eigenvalue weighted by atomic mass is 10.1. The summed E-state index contributed by atoms with van der Waals surface area (Å²) < 4.78 is 0. The van der Waals surface area contributed by atoms with Crippen LogP contribution in [0.4, 0.5) is 0 Å². The summed E-state index contributed by atoms with van der Waals surface area (Å²) in [5.41, 5.74) is 1.89. The fourth-order valence-electron chi connectivity index (χ4n) is 1.14. The van der Waals surface area contributed by atoms with E-state index in [-0.39, 0.29) is 5.91 Å². The van der Waals surface area contributed by atoms with Gasteiger partial charge < -0.3 is 4.90 Å². The van der Waals surface area contributed by atoms with E-state index in [2.05, 4.69) is 0 Å². The number of carbonyl (C=O) groups excluding carboxylic acids is 1. The van der Waals surface area contributed by atoms with Gasteiger partial charge in [0.15, 0.2) is 0 Å². The smallest absolute Gasteiger partial charge is 0.253 e. The summed E-state index contributed by atoms with van der Waals surface area (Å²) in [7, 11) is 1.81. The molecule has 0 atom stereocenters. The predicted molar refractivity (Wildman–Crippen MR) is 53.8 cm³/mol. The van der Waals surface area contributed by atoms with Crippen molar-refractivity contribution in [1.29, 1.82) is 0 Å². The van der Waals surface area contributed by atoms with Crippen LogP contribution in [-0.4, -0.2) is 24.4 Å². The van der Waals surface area contributed by atoms with Gasteiger partial charge in [0, 0.05) is 19.2 Å². The number of rotatable bonds is 2. The van der Waals surface area contributed by atoms with E-state index in [0.717, 1.165) is 17.7 Å². The topological polar surface area (TPSA) is 20.3 Å². The third kappa shape index (κ3) is 2.31. The molecule has 1 aromatic carbocycles. The van der Waals surface area contributed by atoms with Crippen molar-refractivity contribution in [2.45, 2.75) is 13.8 Å². The summed E-state index contributed by atoms with van der Waals surface area (Å²) in [5.74, 6) is 0.0891. The SMILES string of the molecule is CCN(C)C(=O)c1cccc(C)c1. The molecule has 0 saturated carbocycles. The Bertz CT molecular complexity index is 307. The number of benzene rings is 1. The third-order valence-corrected chi connectivity index (χ3v) is 2.09. The molecule has 0 N–H and O–H groups in total. The van der Waals surface area contributed by atoms with E-state index in [1.165, 1.54) is 0 Å². The maximum absolute atomic E-state index is 11.7. The zero-order chi connectivity index (χ0) is 9.84. The lowest BCUT2D eigenvalue weighted by molar-refractivity contribution is 0.0802. The maximum Gasteiger partial charge on any atom is 0.253 e. The highest BCUT2D eigenvalue weighted by atomic mass is 16.2. The molecule has 2 nitrogen and oxygen atoms in total. The van der Waals surface area contributed by atoms with Crippen LogP contribution in [0.15, 0.2) is 24.3 Å². The normalized spacial score (nSPS) is 9.77. The first kappa shape index (κ1) is 9.78. The van der Waals surface area contributed by atoms with Gasteiger partial charge in [0.1, 0.15) is 0 Å². The first-order valence-corrected chi connectivity index (χ1v) is 4.47. The summed E-state index contributed by atoms with van der Waals surface area (Å²) in [6, 6.07) is 7.66. The van der Waals surface area contributed by atoms with Crippen LogP contribution in [0.5, 0.6) is 0 Å². The number of nitrogens with zero attached hydrogens (tertiary/aromatic N) is 1. The van der Waals surface area contributed by atoms with Crippen LogP contribution in [0.25, 0.3) is 0 Å². The molecule has 0 aliphatic carbocycles. The summed E-state index contributed by atoms with van der Waals surface area (Å²) >= 11 is 0. The second-order valence-corrected chi connectivity index (χ2v) is 3.19. The van der Waals surface area contributed by atoms with Crippen LogP contribution in [0.2, 0.25) is 0 Å². The van der Waals surface area contributed by atoms with Crippen molar-refractivity contribution in [3.63, 3.8) is 0 Å². The summed E-state index contributed by atoms with van der Waals surface area (Å²) in [6.45, 7) is 4.70. The summed E-state index contributed by atoms with van der Waals surface area (Å²) in [5, 5.41) is 0. The van der Waals surface area contributed by atoms with Gasteiger partial charge in [-0.2, -0.15) is 0 Å². The van der Waals surface area contributed by atoms with Crippen molar-refractivity contribution in [3.8, 4) is 0 Å². The Hall–Kier alpha value is -1.31. The van der Waals surface area contributed by atoms with E-state index in [1.54, 1.807) is 4.90 Å². The van der Waals surface area contributed by atoms with Gasteiger partial charge in [0.05, 0.1) is 0 Å². The molecule has 70 valence electrons. The number of hydrogen-bond donors (Lipinski definition) is 0. The molecule has 0 unspecified atom stereocenters. The first-order chi connectivity index (χ1) is 6.15. The van der Waals surface area contributed by atoms with Crippen molar-refractivity contribution >= 4 is 5.91 Å². The van der Waals surface area contributed by atoms with Gasteiger partial charge in [-0.15, -0.1) is 0 Å². The molecular formula is C11H15NO. The second kappa shape index (κ2) is 4.08. The monoisotopic (exact) mass is 177 g/mol. The fraction of sp³-hybridized carbons (Fsp3) is 0.364. The second-order valence-electron chi connectivity index (χ2n) is 3.19. The average Bonchev–Trinajstić information content (AvgIpc) is 2.15. The summed E-state index contributed by atoms with van der Waals surface area (Å²) in [6.07, 6.45) is 0. The molecule has 1 amide bonds. The Morgan fingerprint density at radius 1 is 1.46 bits per heavy atom. The van der Waals surface area contributed by atoms with Crippen LogP contribution in [0.3, 0.4) is 0 Å². The first-order valence-electron chi connectivity index (χ1n) is 4.47. The Labute approximate surface area is 79.2 Å². The minimum absolute atomic E-state index is 0.0891. The molecule has 0 aliphatic heterocycles. The van der Waals surface area contributed by atoms with Gasteiger partial charge >= 0.3 is 0 Å². The highest BCUT2D eigenvalue weighted by Gasteiger charge is 2.08. The van der Waals surface area contributed by atoms with Gasteiger partial charge in [0.25, 0.3) is 5.91 Å². The molecular weight excluding hydrogens is 162 g/mol. The van der Waals surface area contributed by atoms with Gasteiger partial charge in [-0.25, -0.2) is 0 Å². The van der Waals surface area contributed by atoms with Crippen LogP contribution in [-0.2, 0) is 0 Å². The van der Waals surface area contributed by atoms with E-state index >= 15 is 0 Å². The zero-order valence-corrected chi connectivity index (χ0v) is 8.37.